The highest BCUT2D eigenvalue weighted by Gasteiger charge is 2.38. The molecule has 2 heterocycles. The fraction of sp³-hybridized carbons (Fsp3) is 0.400. The van der Waals surface area contributed by atoms with Crippen LogP contribution in [0, 0.1) is 6.92 Å². The summed E-state index contributed by atoms with van der Waals surface area (Å²) in [4.78, 5) is 17.0. The number of hydrogen-bond acceptors (Lipinski definition) is 1. The molecule has 5 heteroatoms. The summed E-state index contributed by atoms with van der Waals surface area (Å²) in [6, 6.07) is 7.44. The van der Waals surface area contributed by atoms with Crippen molar-refractivity contribution >= 4 is 16.8 Å². The molecule has 0 unspecified atom stereocenters. The molecule has 1 amide bonds. The number of alkyl halides is 2. The molecule has 3 rings (SSSR count). The lowest BCUT2D eigenvalue weighted by molar-refractivity contribution is -0.0560. The number of aromatic amines is 1. The summed E-state index contributed by atoms with van der Waals surface area (Å²) in [7, 11) is 0. The average molecular weight is 278 g/mol. The van der Waals surface area contributed by atoms with Crippen LogP contribution in [0.5, 0.6) is 0 Å². The second-order valence-electron chi connectivity index (χ2n) is 5.36. The maximum absolute atomic E-state index is 13.5. The van der Waals surface area contributed by atoms with Crippen LogP contribution in [-0.2, 0) is 0 Å². The molecule has 0 radical (unpaired) electrons. The van der Waals surface area contributed by atoms with E-state index in [2.05, 4.69) is 4.98 Å². The monoisotopic (exact) mass is 278 g/mol. The number of para-hydroxylation sites is 1. The summed E-state index contributed by atoms with van der Waals surface area (Å²) in [5.74, 6) is -3.08. The van der Waals surface area contributed by atoms with Gasteiger partial charge in [0, 0.05) is 29.6 Å². The van der Waals surface area contributed by atoms with Crippen molar-refractivity contribution in [3.8, 4) is 0 Å². The Morgan fingerprint density at radius 1 is 1.35 bits per heavy atom. The first kappa shape index (κ1) is 13.1. The quantitative estimate of drug-likeness (QED) is 0.853. The number of fused-ring (bicyclic) bond motifs is 1. The predicted molar refractivity (Wildman–Crippen MR) is 73.1 cm³/mol. The van der Waals surface area contributed by atoms with E-state index in [1.807, 2.05) is 24.3 Å². The van der Waals surface area contributed by atoms with Crippen molar-refractivity contribution < 1.29 is 13.6 Å². The maximum atomic E-state index is 13.5. The Labute approximate surface area is 115 Å². The zero-order valence-corrected chi connectivity index (χ0v) is 11.2. The molecule has 0 atom stereocenters. The van der Waals surface area contributed by atoms with Crippen molar-refractivity contribution in [1.82, 2.24) is 9.88 Å². The molecule has 3 nitrogen and oxygen atoms in total. The van der Waals surface area contributed by atoms with E-state index in [1.165, 1.54) is 4.90 Å². The second-order valence-corrected chi connectivity index (χ2v) is 5.36. The first-order valence-corrected chi connectivity index (χ1v) is 6.72. The van der Waals surface area contributed by atoms with Gasteiger partial charge in [-0.05, 0) is 19.4 Å². The van der Waals surface area contributed by atoms with Gasteiger partial charge in [-0.3, -0.25) is 4.79 Å². The largest absolute Gasteiger partial charge is 0.358 e. The fourth-order valence-electron chi connectivity index (χ4n) is 2.85. The summed E-state index contributed by atoms with van der Waals surface area (Å²) in [6.45, 7) is 1.72. The van der Waals surface area contributed by atoms with Gasteiger partial charge in [0.05, 0.1) is 12.1 Å². The van der Waals surface area contributed by atoms with Crippen molar-refractivity contribution in [3.05, 3.63) is 35.5 Å². The number of hydrogen-bond donors (Lipinski definition) is 1. The number of aromatic nitrogens is 1. The van der Waals surface area contributed by atoms with Gasteiger partial charge in [0.1, 0.15) is 0 Å². The van der Waals surface area contributed by atoms with Crippen LogP contribution in [-0.4, -0.2) is 34.8 Å². The van der Waals surface area contributed by atoms with E-state index in [-0.39, 0.29) is 12.3 Å². The molecule has 20 heavy (non-hydrogen) atoms. The van der Waals surface area contributed by atoms with E-state index in [0.717, 1.165) is 16.6 Å². The van der Waals surface area contributed by atoms with Gasteiger partial charge in [-0.2, -0.15) is 0 Å². The van der Waals surface area contributed by atoms with E-state index >= 15 is 0 Å². The Kier molecular flexibility index (Phi) is 3.00. The molecule has 106 valence electrons. The van der Waals surface area contributed by atoms with E-state index in [4.69, 9.17) is 0 Å². The molecule has 0 spiro atoms. The van der Waals surface area contributed by atoms with Crippen LogP contribution in [0.4, 0.5) is 8.78 Å². The van der Waals surface area contributed by atoms with Crippen molar-refractivity contribution in [1.29, 1.82) is 0 Å². The molecule has 1 N–H and O–H groups in total. The first-order valence-electron chi connectivity index (χ1n) is 6.72. The topological polar surface area (TPSA) is 36.1 Å². The number of halogens is 2. The Balaban J connectivity index is 1.98. The molecule has 1 aliphatic rings. The number of amides is 1. The molecule has 0 aliphatic carbocycles. The number of carbonyl (C=O) groups is 1. The predicted octanol–water partition coefficient (Wildman–Crippen LogP) is 3.35. The lowest BCUT2D eigenvalue weighted by Gasteiger charge is -2.32. The maximum Gasteiger partial charge on any atom is 0.265 e. The molecule has 1 fully saturated rings. The number of nitrogens with one attached hydrogen (secondary N) is 1. The van der Waals surface area contributed by atoms with Crippen LogP contribution in [0.1, 0.15) is 28.9 Å². The van der Waals surface area contributed by atoms with E-state index in [0.29, 0.717) is 18.5 Å². The Bertz CT molecular complexity index is 663. The first-order chi connectivity index (χ1) is 9.48. The second kappa shape index (κ2) is 4.58. The van der Waals surface area contributed by atoms with Gasteiger partial charge < -0.3 is 9.88 Å². The van der Waals surface area contributed by atoms with Crippen molar-refractivity contribution in [2.45, 2.75) is 25.7 Å². The van der Waals surface area contributed by atoms with Crippen LogP contribution in [0.25, 0.3) is 10.9 Å². The third-order valence-electron chi connectivity index (χ3n) is 3.79. The lowest BCUT2D eigenvalue weighted by Crippen LogP contribution is -2.45. The number of aryl methyl sites for hydroxylation is 1. The number of carbonyl (C=O) groups excluding carboxylic acids is 1. The highest BCUT2D eigenvalue weighted by Crippen LogP contribution is 2.29. The Morgan fingerprint density at radius 2 is 2.10 bits per heavy atom. The lowest BCUT2D eigenvalue weighted by atomic mass is 10.0. The summed E-state index contributed by atoms with van der Waals surface area (Å²) in [5, 5.41) is 0.795. The smallest absolute Gasteiger partial charge is 0.265 e. The van der Waals surface area contributed by atoms with Gasteiger partial charge in [0.15, 0.2) is 0 Å². The minimum atomic E-state index is -2.77. The van der Waals surface area contributed by atoms with Crippen LogP contribution in [0.3, 0.4) is 0 Å². The molecule has 0 saturated carbocycles. The number of nitrogens with zero attached hydrogens (tertiary/aromatic N) is 1. The van der Waals surface area contributed by atoms with Crippen molar-refractivity contribution in [2.24, 2.45) is 0 Å². The summed E-state index contributed by atoms with van der Waals surface area (Å²) < 4.78 is 26.9. The van der Waals surface area contributed by atoms with Crippen LogP contribution < -0.4 is 0 Å². The summed E-state index contributed by atoms with van der Waals surface area (Å²) >= 11 is 0. The third kappa shape index (κ3) is 2.17. The SMILES string of the molecule is Cc1[nH]c2ccccc2c1C(=O)N1CCCC(F)(F)C1. The van der Waals surface area contributed by atoms with Gasteiger partial charge >= 0.3 is 0 Å². The number of benzene rings is 1. The van der Waals surface area contributed by atoms with Gasteiger partial charge in [0.25, 0.3) is 11.8 Å². The molecule has 1 aliphatic heterocycles. The van der Waals surface area contributed by atoms with Crippen LogP contribution in [0.15, 0.2) is 24.3 Å². The Hall–Kier alpha value is -1.91. The van der Waals surface area contributed by atoms with Crippen LogP contribution >= 0.6 is 0 Å². The minimum absolute atomic E-state index is 0.135. The van der Waals surface area contributed by atoms with Gasteiger partial charge in [0.2, 0.25) is 0 Å². The van der Waals surface area contributed by atoms with Gasteiger partial charge in [-0.25, -0.2) is 8.78 Å². The molecular weight excluding hydrogens is 262 g/mol. The van der Waals surface area contributed by atoms with E-state index in [1.54, 1.807) is 6.92 Å². The van der Waals surface area contributed by atoms with Crippen LogP contribution in [0.2, 0.25) is 0 Å². The summed E-state index contributed by atoms with van der Waals surface area (Å²) in [5.41, 5.74) is 2.10. The van der Waals surface area contributed by atoms with E-state index in [9.17, 15) is 13.6 Å². The highest BCUT2D eigenvalue weighted by atomic mass is 19.3. The standard InChI is InChI=1S/C15H16F2N2O/c1-10-13(11-5-2-3-6-12(11)18-10)14(20)19-8-4-7-15(16,17)9-19/h2-3,5-6,18H,4,7-9H2,1H3. The number of piperidine rings is 1. The third-order valence-corrected chi connectivity index (χ3v) is 3.79. The van der Waals surface area contributed by atoms with Crippen molar-refractivity contribution in [2.75, 3.05) is 13.1 Å². The zero-order chi connectivity index (χ0) is 14.3. The summed E-state index contributed by atoms with van der Waals surface area (Å²) in [6.07, 6.45) is 0.212. The number of rotatable bonds is 1. The molecule has 1 aromatic carbocycles. The van der Waals surface area contributed by atoms with E-state index < -0.39 is 12.5 Å². The Morgan fingerprint density at radius 3 is 2.85 bits per heavy atom. The molecule has 1 aromatic heterocycles. The molecule has 1 saturated heterocycles. The normalized spacial score (nSPS) is 18.4. The number of H-pyrrole nitrogens is 1. The van der Waals surface area contributed by atoms with Gasteiger partial charge in [-0.15, -0.1) is 0 Å². The molecule has 0 bridgehead atoms. The minimum Gasteiger partial charge on any atom is -0.358 e. The van der Waals surface area contributed by atoms with Crippen molar-refractivity contribution in [3.63, 3.8) is 0 Å². The molecule has 2 aromatic rings. The fourth-order valence-corrected chi connectivity index (χ4v) is 2.85. The highest BCUT2D eigenvalue weighted by molar-refractivity contribution is 6.08. The zero-order valence-electron chi connectivity index (χ0n) is 11.2. The van der Waals surface area contributed by atoms with Gasteiger partial charge in [-0.1, -0.05) is 18.2 Å². The average Bonchev–Trinajstić information content (AvgIpc) is 2.72. The number of likely N-dealkylation sites (tertiary alicyclic amines) is 1. The molecular formula is C15H16F2N2O.